The minimum absolute atomic E-state index is 0.335. The van der Waals surface area contributed by atoms with Gasteiger partial charge in [-0.1, -0.05) is 81.4 Å². The van der Waals surface area contributed by atoms with Gasteiger partial charge in [0.1, 0.15) is 0 Å². The summed E-state index contributed by atoms with van der Waals surface area (Å²) in [4.78, 5) is 0. The lowest BCUT2D eigenvalue weighted by Gasteiger charge is -2.20. The monoisotopic (exact) mass is 462 g/mol. The van der Waals surface area contributed by atoms with Crippen LogP contribution in [0.2, 0.25) is 0 Å². The number of rotatable bonds is 7. The molecule has 0 radical (unpaired) electrons. The number of anilines is 2. The zero-order valence-corrected chi connectivity index (χ0v) is 21.7. The van der Waals surface area contributed by atoms with Gasteiger partial charge in [-0.15, -0.1) is 0 Å². The van der Waals surface area contributed by atoms with Crippen molar-refractivity contribution in [2.75, 3.05) is 11.5 Å². The highest BCUT2D eigenvalue weighted by atomic mass is 14.5. The minimum atomic E-state index is 0.335. The van der Waals surface area contributed by atoms with Crippen LogP contribution < -0.4 is 11.5 Å². The van der Waals surface area contributed by atoms with Crippen molar-refractivity contribution in [2.45, 2.75) is 58.8 Å². The van der Waals surface area contributed by atoms with E-state index in [1.54, 1.807) is 0 Å². The van der Waals surface area contributed by atoms with Crippen molar-refractivity contribution in [1.82, 2.24) is 0 Å². The number of hydrogen-bond acceptors (Lipinski definition) is 2. The summed E-state index contributed by atoms with van der Waals surface area (Å²) in [6.07, 6.45) is 1.07. The second kappa shape index (κ2) is 10.4. The summed E-state index contributed by atoms with van der Waals surface area (Å²) < 4.78 is 0. The summed E-state index contributed by atoms with van der Waals surface area (Å²) >= 11 is 0. The molecule has 4 N–H and O–H groups in total. The Kier molecular flexibility index (Phi) is 7.31. The van der Waals surface area contributed by atoms with E-state index in [9.17, 15) is 0 Å². The highest BCUT2D eigenvalue weighted by molar-refractivity contribution is 5.49. The Bertz CT molecular complexity index is 1180. The van der Waals surface area contributed by atoms with E-state index in [0.29, 0.717) is 17.8 Å². The molecule has 180 valence electrons. The van der Waals surface area contributed by atoms with E-state index in [0.717, 1.165) is 17.8 Å². The van der Waals surface area contributed by atoms with E-state index >= 15 is 0 Å². The zero-order valence-electron chi connectivity index (χ0n) is 21.7. The van der Waals surface area contributed by atoms with E-state index in [2.05, 4.69) is 107 Å². The third kappa shape index (κ3) is 5.27. The van der Waals surface area contributed by atoms with Gasteiger partial charge in [0.2, 0.25) is 0 Å². The van der Waals surface area contributed by atoms with Crippen molar-refractivity contribution in [2.24, 2.45) is 0 Å². The topological polar surface area (TPSA) is 52.0 Å². The molecule has 35 heavy (non-hydrogen) atoms. The summed E-state index contributed by atoms with van der Waals surface area (Å²) in [5, 5.41) is 0. The normalized spacial score (nSPS) is 13.9. The molecule has 0 heterocycles. The van der Waals surface area contributed by atoms with Crippen LogP contribution in [0.4, 0.5) is 11.4 Å². The molecule has 0 aliphatic carbocycles. The number of nitrogens with two attached hydrogens (primary N) is 2. The van der Waals surface area contributed by atoms with E-state index in [1.165, 1.54) is 44.5 Å². The average Bonchev–Trinajstić information content (AvgIpc) is 2.85. The molecule has 4 aromatic rings. The lowest BCUT2D eigenvalue weighted by atomic mass is 9.84. The molecule has 0 amide bonds. The molecule has 4 aromatic carbocycles. The smallest absolute Gasteiger partial charge is 0.0316 e. The molecule has 0 aromatic heterocycles. The van der Waals surface area contributed by atoms with Crippen LogP contribution in [-0.4, -0.2) is 0 Å². The summed E-state index contributed by atoms with van der Waals surface area (Å²) in [5.74, 6) is 1.06. The van der Waals surface area contributed by atoms with Crippen LogP contribution in [0.15, 0.2) is 84.9 Å². The van der Waals surface area contributed by atoms with Crippen molar-refractivity contribution >= 4 is 11.4 Å². The summed E-state index contributed by atoms with van der Waals surface area (Å²) in [7, 11) is 0. The number of benzene rings is 4. The van der Waals surface area contributed by atoms with Crippen LogP contribution in [0, 0.1) is 13.8 Å². The lowest BCUT2D eigenvalue weighted by molar-refractivity contribution is 0.773. The number of aryl methyl sites for hydroxylation is 2. The molecule has 2 atom stereocenters. The van der Waals surface area contributed by atoms with Crippen LogP contribution in [0.3, 0.4) is 0 Å². The van der Waals surface area contributed by atoms with Crippen molar-refractivity contribution in [3.8, 4) is 0 Å². The third-order valence-electron chi connectivity index (χ3n) is 7.61. The van der Waals surface area contributed by atoms with E-state index in [4.69, 9.17) is 11.5 Å². The van der Waals surface area contributed by atoms with E-state index < -0.39 is 0 Å². The summed E-state index contributed by atoms with van der Waals surface area (Å²) in [5.41, 5.74) is 24.1. The van der Waals surface area contributed by atoms with Gasteiger partial charge in [0.05, 0.1) is 0 Å². The standard InChI is InChI=1S/C33H38N2/c1-6-31(27-11-7-25(8-12-27)23(4)32-17-15-29(34)19-21(32)2)28-13-9-26(10-14-28)24(5)33-18-16-30(35)20-22(33)3/h7-20,23-24,31H,6,34-35H2,1-5H3. The lowest BCUT2D eigenvalue weighted by Crippen LogP contribution is -2.04. The van der Waals surface area contributed by atoms with Gasteiger partial charge >= 0.3 is 0 Å². The second-order valence-electron chi connectivity index (χ2n) is 9.97. The molecule has 0 saturated carbocycles. The highest BCUT2D eigenvalue weighted by Crippen LogP contribution is 2.34. The SMILES string of the molecule is CCC(c1ccc(C(C)c2ccc(N)cc2C)cc1)c1ccc(C(C)c2ccc(N)cc2C)cc1. The van der Waals surface area contributed by atoms with Crippen molar-refractivity contribution in [3.05, 3.63) is 129 Å². The quantitative estimate of drug-likeness (QED) is 0.271. The fourth-order valence-corrected chi connectivity index (χ4v) is 5.43. The first-order valence-electron chi connectivity index (χ1n) is 12.7. The molecule has 0 aliphatic rings. The van der Waals surface area contributed by atoms with Crippen LogP contribution >= 0.6 is 0 Å². The van der Waals surface area contributed by atoms with Crippen LogP contribution in [0.25, 0.3) is 0 Å². The van der Waals surface area contributed by atoms with Gasteiger partial charge in [-0.05, 0) is 89.0 Å². The molecule has 2 heteroatoms. The van der Waals surface area contributed by atoms with Gasteiger partial charge in [-0.25, -0.2) is 0 Å². The van der Waals surface area contributed by atoms with Gasteiger partial charge in [0.15, 0.2) is 0 Å². The van der Waals surface area contributed by atoms with Crippen LogP contribution in [0.1, 0.15) is 89.5 Å². The predicted molar refractivity (Wildman–Crippen MR) is 151 cm³/mol. The molecule has 0 aliphatic heterocycles. The predicted octanol–water partition coefficient (Wildman–Crippen LogP) is 8.31. The maximum Gasteiger partial charge on any atom is 0.0316 e. The maximum absolute atomic E-state index is 5.95. The van der Waals surface area contributed by atoms with Gasteiger partial charge in [0, 0.05) is 29.1 Å². The first-order valence-corrected chi connectivity index (χ1v) is 12.7. The fourth-order valence-electron chi connectivity index (χ4n) is 5.43. The first-order chi connectivity index (χ1) is 16.8. The van der Waals surface area contributed by atoms with Gasteiger partial charge in [-0.3, -0.25) is 0 Å². The molecule has 0 spiro atoms. The molecular formula is C33H38N2. The Balaban J connectivity index is 1.53. The molecular weight excluding hydrogens is 424 g/mol. The van der Waals surface area contributed by atoms with E-state index in [-0.39, 0.29) is 0 Å². The molecule has 0 fully saturated rings. The Hall–Kier alpha value is -3.52. The first kappa shape index (κ1) is 24.6. The minimum Gasteiger partial charge on any atom is -0.399 e. The Morgan fingerprint density at radius 1 is 0.543 bits per heavy atom. The van der Waals surface area contributed by atoms with Gasteiger partial charge < -0.3 is 11.5 Å². The third-order valence-corrected chi connectivity index (χ3v) is 7.61. The largest absolute Gasteiger partial charge is 0.399 e. The molecule has 4 rings (SSSR count). The van der Waals surface area contributed by atoms with Gasteiger partial charge in [0.25, 0.3) is 0 Å². The summed E-state index contributed by atoms with van der Waals surface area (Å²) in [6.45, 7) is 11.1. The maximum atomic E-state index is 5.95. The molecule has 2 unspecified atom stereocenters. The van der Waals surface area contributed by atoms with Gasteiger partial charge in [-0.2, -0.15) is 0 Å². The zero-order chi connectivity index (χ0) is 25.1. The Morgan fingerprint density at radius 2 is 0.886 bits per heavy atom. The Labute approximate surface area is 211 Å². The van der Waals surface area contributed by atoms with Crippen LogP contribution in [-0.2, 0) is 0 Å². The molecule has 0 bridgehead atoms. The summed E-state index contributed by atoms with van der Waals surface area (Å²) in [6, 6.07) is 30.8. The number of nitrogen functional groups attached to an aromatic ring is 2. The second-order valence-corrected chi connectivity index (χ2v) is 9.97. The number of hydrogen-bond donors (Lipinski definition) is 2. The Morgan fingerprint density at radius 3 is 1.20 bits per heavy atom. The molecule has 0 saturated heterocycles. The van der Waals surface area contributed by atoms with Crippen LogP contribution in [0.5, 0.6) is 0 Å². The van der Waals surface area contributed by atoms with Crippen molar-refractivity contribution in [1.29, 1.82) is 0 Å². The van der Waals surface area contributed by atoms with Crippen molar-refractivity contribution in [3.63, 3.8) is 0 Å². The fraction of sp³-hybridized carbons (Fsp3) is 0.273. The van der Waals surface area contributed by atoms with Crippen molar-refractivity contribution < 1.29 is 0 Å². The highest BCUT2D eigenvalue weighted by Gasteiger charge is 2.16. The van der Waals surface area contributed by atoms with E-state index in [1.807, 2.05) is 12.1 Å². The molecule has 2 nitrogen and oxygen atoms in total. The average molecular weight is 463 g/mol.